The third-order valence-electron chi connectivity index (χ3n) is 2.95. The fraction of sp³-hybridized carbons (Fsp3) is 0.188. The first-order valence-corrected chi connectivity index (χ1v) is 6.63. The molecule has 1 heterocycles. The second kappa shape index (κ2) is 7.19. The van der Waals surface area contributed by atoms with Crippen molar-refractivity contribution in [3.63, 3.8) is 0 Å². The molecule has 1 aromatic carbocycles. The molecule has 2 N–H and O–H groups in total. The predicted molar refractivity (Wildman–Crippen MR) is 79.0 cm³/mol. The Balaban J connectivity index is 1.88. The summed E-state index contributed by atoms with van der Waals surface area (Å²) in [5.41, 5.74) is 2.48. The Bertz CT molecular complexity index is 609. The second-order valence-corrected chi connectivity index (χ2v) is 4.68. The van der Waals surface area contributed by atoms with Crippen molar-refractivity contribution in [3.05, 3.63) is 59.9 Å². The number of amides is 1. The molecule has 0 spiro atoms. The van der Waals surface area contributed by atoms with Crippen molar-refractivity contribution >= 4 is 17.6 Å². The van der Waals surface area contributed by atoms with Crippen LogP contribution in [0.25, 0.3) is 0 Å². The van der Waals surface area contributed by atoms with E-state index in [0.717, 1.165) is 11.1 Å². The molecule has 108 valence electrons. The van der Waals surface area contributed by atoms with Crippen LogP contribution in [0.3, 0.4) is 0 Å². The minimum absolute atomic E-state index is 0.104. The number of carboxylic acids is 1. The fourth-order valence-electron chi connectivity index (χ4n) is 1.90. The topological polar surface area (TPSA) is 79.3 Å². The highest BCUT2D eigenvalue weighted by Crippen LogP contribution is 2.11. The molecule has 21 heavy (non-hydrogen) atoms. The zero-order chi connectivity index (χ0) is 15.1. The van der Waals surface area contributed by atoms with Gasteiger partial charge in [0.1, 0.15) is 0 Å². The molecule has 0 aliphatic rings. The number of nitrogens with one attached hydrogen (secondary N) is 1. The van der Waals surface area contributed by atoms with Crippen molar-refractivity contribution in [1.82, 2.24) is 4.98 Å². The van der Waals surface area contributed by atoms with Crippen LogP contribution >= 0.6 is 0 Å². The Morgan fingerprint density at radius 2 is 1.86 bits per heavy atom. The molecular weight excluding hydrogens is 268 g/mol. The quantitative estimate of drug-likeness (QED) is 0.853. The van der Waals surface area contributed by atoms with Gasteiger partial charge < -0.3 is 10.4 Å². The van der Waals surface area contributed by atoms with E-state index in [0.29, 0.717) is 12.1 Å². The zero-order valence-electron chi connectivity index (χ0n) is 11.5. The van der Waals surface area contributed by atoms with Gasteiger partial charge in [0.05, 0.1) is 6.42 Å². The molecule has 0 saturated heterocycles. The maximum atomic E-state index is 11.9. The number of aromatic nitrogens is 1. The van der Waals surface area contributed by atoms with Gasteiger partial charge in [0, 0.05) is 24.5 Å². The number of aryl methyl sites for hydroxylation is 1. The second-order valence-electron chi connectivity index (χ2n) is 4.68. The van der Waals surface area contributed by atoms with Crippen LogP contribution in [0, 0.1) is 0 Å². The van der Waals surface area contributed by atoms with Crippen molar-refractivity contribution in [3.8, 4) is 0 Å². The molecule has 5 heteroatoms. The average Bonchev–Trinajstić information content (AvgIpc) is 2.47. The van der Waals surface area contributed by atoms with Gasteiger partial charge in [-0.3, -0.25) is 14.6 Å². The highest BCUT2D eigenvalue weighted by molar-refractivity contribution is 5.92. The Hall–Kier alpha value is -2.69. The van der Waals surface area contributed by atoms with Gasteiger partial charge in [0.15, 0.2) is 0 Å². The average molecular weight is 284 g/mol. The first-order valence-electron chi connectivity index (χ1n) is 6.63. The normalized spacial score (nSPS) is 10.1. The van der Waals surface area contributed by atoms with E-state index in [1.807, 2.05) is 18.2 Å². The lowest BCUT2D eigenvalue weighted by Gasteiger charge is -2.06. The number of carbonyl (C=O) groups is 2. The fourth-order valence-corrected chi connectivity index (χ4v) is 1.90. The standard InChI is InChI=1S/C16H16N2O3/c19-15(10-13-2-1-9-17-11-13)18-14-6-3-12(4-7-14)5-8-16(20)21/h1-4,6-7,9,11H,5,8,10H2,(H,18,19)(H,20,21). The predicted octanol–water partition coefficient (Wildman–Crippen LogP) is 2.28. The van der Waals surface area contributed by atoms with Crippen LogP contribution in [-0.2, 0) is 22.4 Å². The molecule has 1 amide bonds. The van der Waals surface area contributed by atoms with Crippen LogP contribution in [0.2, 0.25) is 0 Å². The van der Waals surface area contributed by atoms with Gasteiger partial charge in [0.25, 0.3) is 0 Å². The number of nitrogens with zero attached hydrogens (tertiary/aromatic N) is 1. The Kier molecular flexibility index (Phi) is 5.04. The molecule has 0 unspecified atom stereocenters. The molecule has 0 radical (unpaired) electrons. The van der Waals surface area contributed by atoms with Crippen LogP contribution in [0.5, 0.6) is 0 Å². The molecule has 0 fully saturated rings. The highest BCUT2D eigenvalue weighted by atomic mass is 16.4. The Labute approximate surface area is 122 Å². The lowest BCUT2D eigenvalue weighted by atomic mass is 10.1. The van der Waals surface area contributed by atoms with Gasteiger partial charge in [-0.2, -0.15) is 0 Å². The Morgan fingerprint density at radius 1 is 1.10 bits per heavy atom. The number of anilines is 1. The van der Waals surface area contributed by atoms with E-state index < -0.39 is 5.97 Å². The first-order chi connectivity index (χ1) is 10.1. The number of carbonyl (C=O) groups excluding carboxylic acids is 1. The van der Waals surface area contributed by atoms with E-state index in [1.165, 1.54) is 0 Å². The number of aliphatic carboxylic acids is 1. The maximum absolute atomic E-state index is 11.9. The van der Waals surface area contributed by atoms with E-state index in [9.17, 15) is 9.59 Å². The maximum Gasteiger partial charge on any atom is 0.303 e. The molecule has 0 saturated carbocycles. The molecule has 0 aliphatic heterocycles. The van der Waals surface area contributed by atoms with Crippen molar-refractivity contribution in [2.24, 2.45) is 0 Å². The van der Waals surface area contributed by atoms with Crippen molar-refractivity contribution in [1.29, 1.82) is 0 Å². The summed E-state index contributed by atoms with van der Waals surface area (Å²) >= 11 is 0. The van der Waals surface area contributed by atoms with E-state index in [1.54, 1.807) is 30.6 Å². The monoisotopic (exact) mass is 284 g/mol. The lowest BCUT2D eigenvalue weighted by Crippen LogP contribution is -2.14. The molecular formula is C16H16N2O3. The minimum atomic E-state index is -0.816. The number of pyridine rings is 1. The molecule has 0 atom stereocenters. The summed E-state index contributed by atoms with van der Waals surface area (Å²) in [6.07, 6.45) is 4.19. The van der Waals surface area contributed by atoms with Gasteiger partial charge in [-0.1, -0.05) is 18.2 Å². The van der Waals surface area contributed by atoms with Gasteiger partial charge in [0.2, 0.25) is 5.91 Å². The SMILES string of the molecule is O=C(O)CCc1ccc(NC(=O)Cc2cccnc2)cc1. The lowest BCUT2D eigenvalue weighted by molar-refractivity contribution is -0.137. The molecule has 2 rings (SSSR count). The molecule has 1 aromatic heterocycles. The van der Waals surface area contributed by atoms with Crippen molar-refractivity contribution < 1.29 is 14.7 Å². The molecule has 2 aromatic rings. The summed E-state index contributed by atoms with van der Waals surface area (Å²) in [7, 11) is 0. The van der Waals surface area contributed by atoms with Gasteiger partial charge in [-0.25, -0.2) is 0 Å². The van der Waals surface area contributed by atoms with E-state index in [-0.39, 0.29) is 18.7 Å². The highest BCUT2D eigenvalue weighted by Gasteiger charge is 2.04. The molecule has 0 bridgehead atoms. The summed E-state index contributed by atoms with van der Waals surface area (Å²) in [4.78, 5) is 26.3. The smallest absolute Gasteiger partial charge is 0.303 e. The number of benzene rings is 1. The van der Waals surface area contributed by atoms with Crippen LogP contribution in [0.15, 0.2) is 48.8 Å². The van der Waals surface area contributed by atoms with E-state index in [2.05, 4.69) is 10.3 Å². The molecule has 0 aliphatic carbocycles. The third kappa shape index (κ3) is 5.06. The summed E-state index contributed by atoms with van der Waals surface area (Å²) in [6, 6.07) is 10.8. The summed E-state index contributed by atoms with van der Waals surface area (Å²) < 4.78 is 0. The summed E-state index contributed by atoms with van der Waals surface area (Å²) in [5, 5.41) is 11.4. The summed E-state index contributed by atoms with van der Waals surface area (Å²) in [5.74, 6) is -0.926. The first kappa shape index (κ1) is 14.7. The summed E-state index contributed by atoms with van der Waals surface area (Å²) in [6.45, 7) is 0. The number of rotatable bonds is 6. The Morgan fingerprint density at radius 3 is 2.48 bits per heavy atom. The van der Waals surface area contributed by atoms with E-state index >= 15 is 0 Å². The van der Waals surface area contributed by atoms with Crippen molar-refractivity contribution in [2.45, 2.75) is 19.3 Å². The number of carboxylic acid groups (broad SMARTS) is 1. The van der Waals surface area contributed by atoms with Crippen LogP contribution in [0.1, 0.15) is 17.5 Å². The van der Waals surface area contributed by atoms with Crippen LogP contribution < -0.4 is 5.32 Å². The number of hydrogen-bond acceptors (Lipinski definition) is 3. The van der Waals surface area contributed by atoms with Crippen molar-refractivity contribution in [2.75, 3.05) is 5.32 Å². The van der Waals surface area contributed by atoms with Crippen LogP contribution in [-0.4, -0.2) is 22.0 Å². The largest absolute Gasteiger partial charge is 0.481 e. The van der Waals surface area contributed by atoms with Gasteiger partial charge in [-0.05, 0) is 35.7 Å². The number of hydrogen-bond donors (Lipinski definition) is 2. The van der Waals surface area contributed by atoms with Gasteiger partial charge >= 0.3 is 5.97 Å². The minimum Gasteiger partial charge on any atom is -0.481 e. The molecule has 5 nitrogen and oxygen atoms in total. The van der Waals surface area contributed by atoms with E-state index in [4.69, 9.17) is 5.11 Å². The zero-order valence-corrected chi connectivity index (χ0v) is 11.5. The third-order valence-corrected chi connectivity index (χ3v) is 2.95. The van der Waals surface area contributed by atoms with Gasteiger partial charge in [-0.15, -0.1) is 0 Å². The van der Waals surface area contributed by atoms with Crippen LogP contribution in [0.4, 0.5) is 5.69 Å².